The molecule has 36 heavy (non-hydrogen) atoms. The molecule has 3 aromatic carbocycles. The highest BCUT2D eigenvalue weighted by Gasteiger charge is 2.42. The minimum atomic E-state index is -0.679. The Morgan fingerprint density at radius 1 is 0.944 bits per heavy atom. The second-order valence-electron chi connectivity index (χ2n) is 9.31. The van der Waals surface area contributed by atoms with Gasteiger partial charge in [0.25, 0.3) is 0 Å². The molecule has 1 N–H and O–H groups in total. The van der Waals surface area contributed by atoms with Crippen LogP contribution in [0.1, 0.15) is 23.1 Å². The first-order chi connectivity index (χ1) is 17.5. The molecule has 0 spiro atoms. The van der Waals surface area contributed by atoms with Crippen LogP contribution in [0, 0.1) is 0 Å². The van der Waals surface area contributed by atoms with Crippen LogP contribution in [-0.4, -0.2) is 44.2 Å². The summed E-state index contributed by atoms with van der Waals surface area (Å²) in [6, 6.07) is 29.1. The van der Waals surface area contributed by atoms with Gasteiger partial charge in [-0.15, -0.1) is 0 Å². The Morgan fingerprint density at radius 3 is 2.42 bits per heavy atom. The van der Waals surface area contributed by atoms with E-state index in [1.165, 1.54) is 0 Å². The first kappa shape index (κ1) is 24.2. The van der Waals surface area contributed by atoms with Crippen LogP contribution in [0.25, 0.3) is 0 Å². The number of halogens is 1. The zero-order chi connectivity index (χ0) is 25.1. The van der Waals surface area contributed by atoms with Crippen molar-refractivity contribution in [2.75, 3.05) is 44.5 Å². The van der Waals surface area contributed by atoms with E-state index in [4.69, 9.17) is 21.3 Å². The Labute approximate surface area is 218 Å². The van der Waals surface area contributed by atoms with Crippen molar-refractivity contribution in [2.45, 2.75) is 12.0 Å². The number of pyridine rings is 1. The van der Waals surface area contributed by atoms with Crippen molar-refractivity contribution in [1.29, 1.82) is 0 Å². The van der Waals surface area contributed by atoms with Crippen LogP contribution in [0.4, 0.5) is 17.2 Å². The van der Waals surface area contributed by atoms with E-state index < -0.39 is 5.54 Å². The first-order valence-corrected chi connectivity index (χ1v) is 12.6. The molecule has 0 fully saturated rings. The highest BCUT2D eigenvalue weighted by molar-refractivity contribution is 6.30. The quantitative estimate of drug-likeness (QED) is 0.313. The summed E-state index contributed by atoms with van der Waals surface area (Å²) in [5, 5.41) is 4.66. The summed E-state index contributed by atoms with van der Waals surface area (Å²) < 4.78 is 5.70. The van der Waals surface area contributed by atoms with Crippen molar-refractivity contribution in [3.63, 3.8) is 0 Å². The zero-order valence-corrected chi connectivity index (χ0v) is 21.7. The number of anilines is 3. The molecule has 1 unspecified atom stereocenters. The minimum Gasteiger partial charge on any atom is -0.497 e. The average Bonchev–Trinajstić information content (AvgIpc) is 3.02. The molecule has 1 aliphatic heterocycles. The van der Waals surface area contributed by atoms with Crippen LogP contribution in [0.5, 0.6) is 5.75 Å². The van der Waals surface area contributed by atoms with Crippen molar-refractivity contribution >= 4 is 28.8 Å². The number of nitrogens with one attached hydrogen (secondary N) is 1. The maximum absolute atomic E-state index is 6.34. The van der Waals surface area contributed by atoms with Crippen molar-refractivity contribution in [2.24, 2.45) is 0 Å². The van der Waals surface area contributed by atoms with Gasteiger partial charge in [-0.05, 0) is 68.5 Å². The number of benzene rings is 3. The smallest absolute Gasteiger partial charge is 0.156 e. The highest BCUT2D eigenvalue weighted by Crippen LogP contribution is 2.50. The fourth-order valence-corrected chi connectivity index (χ4v) is 5.18. The van der Waals surface area contributed by atoms with Gasteiger partial charge < -0.3 is 19.9 Å². The van der Waals surface area contributed by atoms with Gasteiger partial charge in [-0.2, -0.15) is 0 Å². The Hall–Kier alpha value is -3.54. The minimum absolute atomic E-state index is 0.679. The third-order valence-corrected chi connectivity index (χ3v) is 6.99. The van der Waals surface area contributed by atoms with Crippen molar-refractivity contribution < 1.29 is 4.74 Å². The standard InChI is InChI=1S/C30H31ClN4O/c1-34(2)19-8-20-35-28-21-25(36-3)16-17-26(28)30(22-9-5-4-6-10-22,23-12-14-24(31)15-13-23)33-27-11-7-18-32-29(27)35/h4-7,9-18,21,33H,8,19-20H2,1-3H3. The van der Waals surface area contributed by atoms with Gasteiger partial charge in [0.1, 0.15) is 11.3 Å². The van der Waals surface area contributed by atoms with Crippen LogP contribution in [-0.2, 0) is 5.54 Å². The van der Waals surface area contributed by atoms with Gasteiger partial charge in [0.2, 0.25) is 0 Å². The van der Waals surface area contributed by atoms with E-state index in [1.807, 2.05) is 36.5 Å². The summed E-state index contributed by atoms with van der Waals surface area (Å²) in [6.07, 6.45) is 2.84. The van der Waals surface area contributed by atoms with Gasteiger partial charge in [0.15, 0.2) is 5.82 Å². The lowest BCUT2D eigenvalue weighted by molar-refractivity contribution is 0.402. The summed E-state index contributed by atoms with van der Waals surface area (Å²) in [4.78, 5) is 9.40. The van der Waals surface area contributed by atoms with E-state index in [9.17, 15) is 0 Å². The lowest BCUT2D eigenvalue weighted by atomic mass is 9.76. The fourth-order valence-electron chi connectivity index (χ4n) is 5.05. The van der Waals surface area contributed by atoms with Crippen LogP contribution in [0.15, 0.2) is 91.1 Å². The molecule has 5 rings (SSSR count). The molecule has 0 bridgehead atoms. The summed E-state index contributed by atoms with van der Waals surface area (Å²) in [7, 11) is 5.92. The third kappa shape index (κ3) is 4.41. The van der Waals surface area contributed by atoms with Gasteiger partial charge in [-0.3, -0.25) is 0 Å². The molecule has 0 amide bonds. The molecule has 0 radical (unpaired) electrons. The van der Waals surface area contributed by atoms with Crippen LogP contribution < -0.4 is 15.0 Å². The summed E-state index contributed by atoms with van der Waals surface area (Å²) in [5.74, 6) is 1.71. The summed E-state index contributed by atoms with van der Waals surface area (Å²) >= 11 is 6.34. The fraction of sp³-hybridized carbons (Fsp3) is 0.233. The van der Waals surface area contributed by atoms with E-state index in [-0.39, 0.29) is 0 Å². The molecule has 1 aliphatic rings. The molecule has 6 heteroatoms. The summed E-state index contributed by atoms with van der Waals surface area (Å²) in [5.41, 5.74) is 4.70. The Bertz CT molecular complexity index is 1330. The Morgan fingerprint density at radius 2 is 1.69 bits per heavy atom. The number of hydrogen-bond acceptors (Lipinski definition) is 5. The molecule has 2 heterocycles. The molecule has 0 saturated heterocycles. The Balaban J connectivity index is 1.83. The maximum Gasteiger partial charge on any atom is 0.156 e. The number of nitrogens with zero attached hydrogens (tertiary/aromatic N) is 3. The molecule has 5 nitrogen and oxygen atoms in total. The molecule has 184 valence electrons. The lowest BCUT2D eigenvalue weighted by Gasteiger charge is -2.37. The van der Waals surface area contributed by atoms with Crippen LogP contribution in [0.3, 0.4) is 0 Å². The van der Waals surface area contributed by atoms with Gasteiger partial charge in [-0.1, -0.05) is 60.1 Å². The van der Waals surface area contributed by atoms with Crippen LogP contribution >= 0.6 is 11.6 Å². The van der Waals surface area contributed by atoms with E-state index in [1.54, 1.807) is 7.11 Å². The monoisotopic (exact) mass is 498 g/mol. The highest BCUT2D eigenvalue weighted by atomic mass is 35.5. The normalized spacial score (nSPS) is 16.6. The molecule has 1 atom stereocenters. The number of fused-ring (bicyclic) bond motifs is 2. The van der Waals surface area contributed by atoms with Crippen LogP contribution in [0.2, 0.25) is 5.02 Å². The molecular weight excluding hydrogens is 468 g/mol. The average molecular weight is 499 g/mol. The number of methoxy groups -OCH3 is 1. The van der Waals surface area contributed by atoms with Crippen molar-refractivity contribution in [1.82, 2.24) is 9.88 Å². The van der Waals surface area contributed by atoms with Gasteiger partial charge in [0.05, 0.1) is 18.5 Å². The maximum atomic E-state index is 6.34. The van der Waals surface area contributed by atoms with Crippen molar-refractivity contribution in [3.8, 4) is 5.75 Å². The van der Waals surface area contributed by atoms with E-state index >= 15 is 0 Å². The molecule has 4 aromatic rings. The van der Waals surface area contributed by atoms with Gasteiger partial charge in [-0.25, -0.2) is 4.98 Å². The third-order valence-electron chi connectivity index (χ3n) is 6.74. The molecule has 0 aliphatic carbocycles. The van der Waals surface area contributed by atoms with E-state index in [0.29, 0.717) is 5.02 Å². The second kappa shape index (κ2) is 10.2. The molecule has 1 aromatic heterocycles. The predicted molar refractivity (Wildman–Crippen MR) is 149 cm³/mol. The lowest BCUT2D eigenvalue weighted by Crippen LogP contribution is -2.38. The first-order valence-electron chi connectivity index (χ1n) is 12.2. The number of rotatable bonds is 7. The Kier molecular flexibility index (Phi) is 6.86. The zero-order valence-electron chi connectivity index (χ0n) is 20.9. The number of aromatic nitrogens is 1. The predicted octanol–water partition coefficient (Wildman–Crippen LogP) is 6.55. The molecule has 0 saturated carbocycles. The topological polar surface area (TPSA) is 40.6 Å². The number of hydrogen-bond donors (Lipinski definition) is 1. The second-order valence-corrected chi connectivity index (χ2v) is 9.75. The molecular formula is C30H31ClN4O. The largest absolute Gasteiger partial charge is 0.497 e. The van der Waals surface area contributed by atoms with E-state index in [2.05, 4.69) is 83.8 Å². The SMILES string of the molecule is COc1ccc2c(c1)N(CCCN(C)C)c1ncccc1NC2(c1ccccc1)c1ccc(Cl)cc1. The van der Waals surface area contributed by atoms with Gasteiger partial charge in [0, 0.05) is 29.4 Å². The summed E-state index contributed by atoms with van der Waals surface area (Å²) in [6.45, 7) is 1.79. The van der Waals surface area contributed by atoms with E-state index in [0.717, 1.165) is 59.1 Å². The van der Waals surface area contributed by atoms with Gasteiger partial charge >= 0.3 is 0 Å². The van der Waals surface area contributed by atoms with Crippen molar-refractivity contribution in [3.05, 3.63) is 113 Å². The number of ether oxygens (including phenoxy) is 1.